The smallest absolute Gasteiger partial charge is 0.264 e. The highest BCUT2D eigenvalue weighted by atomic mass is 35.5. The number of amides is 1. The molecule has 1 heterocycles. The van der Waals surface area contributed by atoms with E-state index in [1.807, 2.05) is 24.3 Å². The lowest BCUT2D eigenvalue weighted by molar-refractivity contribution is -0.119. The second-order valence-corrected chi connectivity index (χ2v) is 10.9. The Morgan fingerprint density at radius 1 is 0.946 bits per heavy atom. The molecule has 3 aromatic rings. The molecule has 8 nitrogen and oxygen atoms in total. The zero-order valence-electron chi connectivity index (χ0n) is 20.8. The molecule has 1 amide bonds. The summed E-state index contributed by atoms with van der Waals surface area (Å²) in [6, 6.07) is 18.6. The minimum Gasteiger partial charge on any atom is -0.493 e. The van der Waals surface area contributed by atoms with Crippen LogP contribution in [-0.4, -0.2) is 48.2 Å². The number of methoxy groups -OCH3 is 2. The molecule has 3 aromatic carbocycles. The molecule has 0 aliphatic carbocycles. The van der Waals surface area contributed by atoms with Crippen LogP contribution in [0.5, 0.6) is 11.5 Å². The van der Waals surface area contributed by atoms with Crippen LogP contribution in [0.25, 0.3) is 0 Å². The van der Waals surface area contributed by atoms with Crippen molar-refractivity contribution < 1.29 is 22.7 Å². The van der Waals surface area contributed by atoms with Gasteiger partial charge in [0, 0.05) is 36.4 Å². The summed E-state index contributed by atoms with van der Waals surface area (Å²) in [6.45, 7) is 1.99. The van der Waals surface area contributed by atoms with Crippen LogP contribution in [0, 0.1) is 0 Å². The molecule has 0 bridgehead atoms. The number of halogens is 1. The first-order chi connectivity index (χ1) is 17.8. The average molecular weight is 544 g/mol. The lowest BCUT2D eigenvalue weighted by Crippen LogP contribution is -2.40. The Morgan fingerprint density at radius 3 is 2.22 bits per heavy atom. The molecule has 0 radical (unpaired) electrons. The monoisotopic (exact) mass is 543 g/mol. The predicted octanol–water partition coefficient (Wildman–Crippen LogP) is 4.47. The van der Waals surface area contributed by atoms with Gasteiger partial charge in [-0.3, -0.25) is 9.10 Å². The van der Waals surface area contributed by atoms with Crippen molar-refractivity contribution in [1.29, 1.82) is 0 Å². The van der Waals surface area contributed by atoms with Gasteiger partial charge in [-0.25, -0.2) is 8.42 Å². The van der Waals surface area contributed by atoms with Crippen LogP contribution in [0.4, 0.5) is 11.4 Å². The van der Waals surface area contributed by atoms with Crippen molar-refractivity contribution in [2.24, 2.45) is 0 Å². The van der Waals surface area contributed by atoms with Gasteiger partial charge in [-0.1, -0.05) is 23.7 Å². The lowest BCUT2D eigenvalue weighted by Gasteiger charge is -2.24. The topological polar surface area (TPSA) is 88.2 Å². The first kappa shape index (κ1) is 26.6. The quantitative estimate of drug-likeness (QED) is 0.406. The van der Waals surface area contributed by atoms with E-state index in [-0.39, 0.29) is 17.2 Å². The number of rotatable bonds is 10. The van der Waals surface area contributed by atoms with Crippen LogP contribution >= 0.6 is 11.6 Å². The average Bonchev–Trinajstić information content (AvgIpc) is 3.46. The molecular weight excluding hydrogens is 514 g/mol. The second-order valence-electron chi connectivity index (χ2n) is 8.64. The number of benzene rings is 3. The fourth-order valence-electron chi connectivity index (χ4n) is 4.21. The Balaban J connectivity index is 1.52. The van der Waals surface area contributed by atoms with Crippen LogP contribution in [0.1, 0.15) is 18.4 Å². The first-order valence-electron chi connectivity index (χ1n) is 11.9. The summed E-state index contributed by atoms with van der Waals surface area (Å²) < 4.78 is 38.9. The number of hydrogen-bond donors (Lipinski definition) is 1. The van der Waals surface area contributed by atoms with E-state index >= 15 is 0 Å². The Kier molecular flexibility index (Phi) is 8.45. The fraction of sp³-hybridized carbons (Fsp3) is 0.296. The maximum absolute atomic E-state index is 13.7. The van der Waals surface area contributed by atoms with Crippen molar-refractivity contribution in [3.63, 3.8) is 0 Å². The molecule has 0 unspecified atom stereocenters. The molecule has 37 heavy (non-hydrogen) atoms. The van der Waals surface area contributed by atoms with Crippen molar-refractivity contribution >= 4 is 38.9 Å². The summed E-state index contributed by atoms with van der Waals surface area (Å²) in [5.74, 6) is 0.220. The van der Waals surface area contributed by atoms with E-state index in [0.29, 0.717) is 16.5 Å². The molecule has 1 saturated heterocycles. The van der Waals surface area contributed by atoms with Gasteiger partial charge < -0.3 is 19.7 Å². The Morgan fingerprint density at radius 2 is 1.59 bits per heavy atom. The number of hydrogen-bond acceptors (Lipinski definition) is 6. The van der Waals surface area contributed by atoms with E-state index in [1.54, 1.807) is 24.3 Å². The third kappa shape index (κ3) is 6.29. The molecule has 4 rings (SSSR count). The number of nitrogens with one attached hydrogen (secondary N) is 1. The third-order valence-corrected chi connectivity index (χ3v) is 8.26. The van der Waals surface area contributed by atoms with Gasteiger partial charge in [0.05, 0.1) is 24.8 Å². The van der Waals surface area contributed by atoms with E-state index < -0.39 is 22.5 Å². The van der Waals surface area contributed by atoms with Gasteiger partial charge in [0.25, 0.3) is 10.0 Å². The largest absolute Gasteiger partial charge is 0.493 e. The summed E-state index contributed by atoms with van der Waals surface area (Å²) >= 11 is 6.02. The molecule has 0 saturated carbocycles. The van der Waals surface area contributed by atoms with Crippen molar-refractivity contribution in [3.05, 3.63) is 77.3 Å². The normalized spacial score (nSPS) is 13.3. The van der Waals surface area contributed by atoms with E-state index in [4.69, 9.17) is 21.1 Å². The summed E-state index contributed by atoms with van der Waals surface area (Å²) in [4.78, 5) is 15.3. The number of carbonyl (C=O) groups excluding carboxylic acids is 1. The molecule has 1 fully saturated rings. The fourth-order valence-corrected chi connectivity index (χ4v) is 5.78. The molecule has 10 heteroatoms. The standard InChI is InChI=1S/C27H30ClN3O5S/c1-35-25-14-13-24(17-26(25)36-2)37(33,34)31(23-11-7-21(28)8-12-23)19-27(32)29-18-20-5-9-22(10-6-20)30-15-3-4-16-30/h5-14,17H,3-4,15-16,18-19H2,1-2H3,(H,29,32). The highest BCUT2D eigenvalue weighted by Crippen LogP contribution is 2.32. The highest BCUT2D eigenvalue weighted by Gasteiger charge is 2.28. The SMILES string of the molecule is COc1ccc(S(=O)(=O)N(CC(=O)NCc2ccc(N3CCCC3)cc2)c2ccc(Cl)cc2)cc1OC. The van der Waals surface area contributed by atoms with Crippen LogP contribution in [0.15, 0.2) is 71.6 Å². The van der Waals surface area contributed by atoms with E-state index in [1.165, 1.54) is 50.9 Å². The van der Waals surface area contributed by atoms with Gasteiger partial charge in [-0.2, -0.15) is 0 Å². The van der Waals surface area contributed by atoms with E-state index in [2.05, 4.69) is 10.2 Å². The molecule has 1 N–H and O–H groups in total. The molecule has 0 atom stereocenters. The van der Waals surface area contributed by atoms with Gasteiger partial charge in [0.1, 0.15) is 6.54 Å². The van der Waals surface area contributed by atoms with Gasteiger partial charge in [0.2, 0.25) is 5.91 Å². The Labute approximate surface area is 222 Å². The highest BCUT2D eigenvalue weighted by molar-refractivity contribution is 7.92. The third-order valence-electron chi connectivity index (χ3n) is 6.24. The molecule has 0 aromatic heterocycles. The zero-order chi connectivity index (χ0) is 26.4. The number of anilines is 2. The number of carbonyl (C=O) groups is 1. The minimum atomic E-state index is -4.13. The molecule has 1 aliphatic rings. The van der Waals surface area contributed by atoms with Crippen LogP contribution < -0.4 is 24.0 Å². The lowest BCUT2D eigenvalue weighted by atomic mass is 10.2. The van der Waals surface area contributed by atoms with Crippen LogP contribution in [0.2, 0.25) is 5.02 Å². The summed E-state index contributed by atoms with van der Waals surface area (Å²) in [6.07, 6.45) is 2.41. The Bertz CT molecular complexity index is 1330. The molecule has 0 spiro atoms. The van der Waals surface area contributed by atoms with Crippen molar-refractivity contribution in [2.45, 2.75) is 24.3 Å². The number of ether oxygens (including phenoxy) is 2. The maximum Gasteiger partial charge on any atom is 0.264 e. The summed E-state index contributed by atoms with van der Waals surface area (Å²) in [5.41, 5.74) is 2.41. The second kappa shape index (κ2) is 11.7. The van der Waals surface area contributed by atoms with Crippen molar-refractivity contribution in [3.8, 4) is 11.5 Å². The number of nitrogens with zero attached hydrogens (tertiary/aromatic N) is 2. The summed E-state index contributed by atoms with van der Waals surface area (Å²) in [5, 5.41) is 3.29. The predicted molar refractivity (Wildman–Crippen MR) is 145 cm³/mol. The van der Waals surface area contributed by atoms with Gasteiger partial charge >= 0.3 is 0 Å². The Hall–Kier alpha value is -3.43. The zero-order valence-corrected chi connectivity index (χ0v) is 22.4. The van der Waals surface area contributed by atoms with Gasteiger partial charge in [-0.15, -0.1) is 0 Å². The molecular formula is C27H30ClN3O5S. The minimum absolute atomic E-state index is 0.0367. The van der Waals surface area contributed by atoms with Gasteiger partial charge in [-0.05, 0) is 66.9 Å². The first-order valence-corrected chi connectivity index (χ1v) is 13.7. The summed E-state index contributed by atoms with van der Waals surface area (Å²) in [7, 11) is -1.23. The molecule has 196 valence electrons. The maximum atomic E-state index is 13.7. The van der Waals surface area contributed by atoms with Crippen molar-refractivity contribution in [1.82, 2.24) is 5.32 Å². The van der Waals surface area contributed by atoms with Crippen LogP contribution in [-0.2, 0) is 21.4 Å². The van der Waals surface area contributed by atoms with Gasteiger partial charge in [0.15, 0.2) is 11.5 Å². The van der Waals surface area contributed by atoms with Crippen LogP contribution in [0.3, 0.4) is 0 Å². The van der Waals surface area contributed by atoms with Crippen molar-refractivity contribution in [2.75, 3.05) is 43.1 Å². The van der Waals surface area contributed by atoms with E-state index in [9.17, 15) is 13.2 Å². The van der Waals surface area contributed by atoms with E-state index in [0.717, 1.165) is 23.0 Å². The number of sulfonamides is 1. The molecule has 1 aliphatic heterocycles.